The maximum absolute atomic E-state index is 11.6. The number of ether oxygens (including phenoxy) is 1. The lowest BCUT2D eigenvalue weighted by Gasteiger charge is -2.05. The molecule has 0 spiro atoms. The van der Waals surface area contributed by atoms with Gasteiger partial charge in [-0.25, -0.2) is 0 Å². The molecule has 0 fully saturated rings. The van der Waals surface area contributed by atoms with E-state index in [9.17, 15) is 18.0 Å². The van der Waals surface area contributed by atoms with Gasteiger partial charge in [0.1, 0.15) is 13.2 Å². The van der Waals surface area contributed by atoms with Crippen molar-refractivity contribution in [1.29, 1.82) is 0 Å². The Hall–Kier alpha value is -0.880. The molecule has 1 rings (SSSR count). The largest absolute Gasteiger partial charge is 0.411 e. The summed E-state index contributed by atoms with van der Waals surface area (Å²) in [5, 5.41) is 1.68. The van der Waals surface area contributed by atoms with Gasteiger partial charge < -0.3 is 4.74 Å². The topological polar surface area (TPSA) is 26.3 Å². The molecule has 78 valence electrons. The molecular weight excluding hydrogens is 217 g/mol. The first-order chi connectivity index (χ1) is 6.49. The summed E-state index contributed by atoms with van der Waals surface area (Å²) < 4.78 is 39.1. The molecule has 0 bridgehead atoms. The molecule has 1 heterocycles. The Morgan fingerprint density at radius 3 is 2.71 bits per heavy atom. The van der Waals surface area contributed by atoms with Crippen LogP contribution in [-0.4, -0.2) is 25.2 Å². The maximum atomic E-state index is 11.6. The summed E-state index contributed by atoms with van der Waals surface area (Å²) in [5.41, 5.74) is 0. The summed E-state index contributed by atoms with van der Waals surface area (Å²) in [6.07, 6.45) is -4.38. The van der Waals surface area contributed by atoms with Crippen LogP contribution in [0.5, 0.6) is 0 Å². The van der Waals surface area contributed by atoms with E-state index in [0.29, 0.717) is 4.88 Å². The van der Waals surface area contributed by atoms with E-state index >= 15 is 0 Å². The van der Waals surface area contributed by atoms with Crippen LogP contribution in [0.15, 0.2) is 17.5 Å². The number of Topliss-reactive ketones (excluding diaryl/α,β-unsaturated/α-hetero) is 1. The Labute approximate surface area is 82.3 Å². The Morgan fingerprint density at radius 2 is 2.21 bits per heavy atom. The normalized spacial score (nSPS) is 11.6. The third-order valence-corrected chi connectivity index (χ3v) is 2.21. The van der Waals surface area contributed by atoms with Crippen molar-refractivity contribution in [3.05, 3.63) is 22.4 Å². The smallest absolute Gasteiger partial charge is 0.364 e. The molecule has 0 unspecified atom stereocenters. The van der Waals surface area contributed by atoms with Gasteiger partial charge in [0.15, 0.2) is 5.78 Å². The van der Waals surface area contributed by atoms with Crippen molar-refractivity contribution < 1.29 is 22.7 Å². The van der Waals surface area contributed by atoms with E-state index in [2.05, 4.69) is 4.74 Å². The van der Waals surface area contributed by atoms with Crippen LogP contribution in [0.2, 0.25) is 0 Å². The number of ketones is 1. The number of hydrogen-bond donors (Lipinski definition) is 0. The average molecular weight is 224 g/mol. The first kappa shape index (κ1) is 11.2. The van der Waals surface area contributed by atoms with Crippen molar-refractivity contribution >= 4 is 17.1 Å². The highest BCUT2D eigenvalue weighted by Gasteiger charge is 2.27. The molecule has 0 N–H and O–H groups in total. The fraction of sp³-hybridized carbons (Fsp3) is 0.375. The first-order valence-electron chi connectivity index (χ1n) is 3.70. The zero-order valence-corrected chi connectivity index (χ0v) is 7.82. The molecule has 0 atom stereocenters. The van der Waals surface area contributed by atoms with E-state index in [1.807, 2.05) is 0 Å². The highest BCUT2D eigenvalue weighted by Crippen LogP contribution is 2.15. The van der Waals surface area contributed by atoms with Crippen LogP contribution in [0.25, 0.3) is 0 Å². The lowest BCUT2D eigenvalue weighted by atomic mass is 10.3. The summed E-state index contributed by atoms with van der Waals surface area (Å²) in [5.74, 6) is -0.427. The molecule has 2 nitrogen and oxygen atoms in total. The number of thiophene rings is 1. The van der Waals surface area contributed by atoms with Crippen LogP contribution in [0.3, 0.4) is 0 Å². The minimum absolute atomic E-state index is 0.409. The standard InChI is InChI=1S/C8H7F3O2S/c9-8(10,11)5-13-4-6(12)7-2-1-3-14-7/h1-3H,4-5H2. The zero-order chi connectivity index (χ0) is 10.6. The van der Waals surface area contributed by atoms with Crippen LogP contribution in [0.1, 0.15) is 9.67 Å². The van der Waals surface area contributed by atoms with Gasteiger partial charge in [-0.2, -0.15) is 13.2 Å². The molecular formula is C8H7F3O2S. The van der Waals surface area contributed by atoms with Crippen molar-refractivity contribution in [1.82, 2.24) is 0 Å². The van der Waals surface area contributed by atoms with Crippen LogP contribution in [-0.2, 0) is 4.74 Å². The minimum atomic E-state index is -4.38. The number of carbonyl (C=O) groups is 1. The van der Waals surface area contributed by atoms with Crippen molar-refractivity contribution in [2.75, 3.05) is 13.2 Å². The monoisotopic (exact) mass is 224 g/mol. The van der Waals surface area contributed by atoms with Crippen molar-refractivity contribution in [3.63, 3.8) is 0 Å². The van der Waals surface area contributed by atoms with Gasteiger partial charge >= 0.3 is 6.18 Å². The number of rotatable bonds is 4. The molecule has 0 aliphatic rings. The van der Waals surface area contributed by atoms with Gasteiger partial charge in [0.25, 0.3) is 0 Å². The Bertz CT molecular complexity index is 292. The molecule has 0 aromatic carbocycles. The highest BCUT2D eigenvalue weighted by atomic mass is 32.1. The lowest BCUT2D eigenvalue weighted by molar-refractivity contribution is -0.170. The van der Waals surface area contributed by atoms with Crippen LogP contribution >= 0.6 is 11.3 Å². The minimum Gasteiger partial charge on any atom is -0.364 e. The third kappa shape index (κ3) is 3.89. The van der Waals surface area contributed by atoms with E-state index in [-0.39, 0.29) is 0 Å². The molecule has 0 radical (unpaired) electrons. The van der Waals surface area contributed by atoms with Gasteiger partial charge in [0, 0.05) is 0 Å². The van der Waals surface area contributed by atoms with Gasteiger partial charge in [-0.05, 0) is 11.4 Å². The van der Waals surface area contributed by atoms with E-state index in [1.54, 1.807) is 17.5 Å². The molecule has 6 heteroatoms. The van der Waals surface area contributed by atoms with Crippen molar-refractivity contribution in [2.45, 2.75) is 6.18 Å². The quantitative estimate of drug-likeness (QED) is 0.734. The van der Waals surface area contributed by atoms with Gasteiger partial charge in [-0.3, -0.25) is 4.79 Å². The molecule has 0 aliphatic heterocycles. The summed E-state index contributed by atoms with van der Waals surface area (Å²) >= 11 is 1.18. The second kappa shape index (κ2) is 4.56. The molecule has 1 aromatic rings. The lowest BCUT2D eigenvalue weighted by Crippen LogP contribution is -2.20. The van der Waals surface area contributed by atoms with Crippen LogP contribution in [0, 0.1) is 0 Å². The van der Waals surface area contributed by atoms with E-state index in [4.69, 9.17) is 0 Å². The average Bonchev–Trinajstić information content (AvgIpc) is 2.53. The van der Waals surface area contributed by atoms with E-state index in [1.165, 1.54) is 11.3 Å². The molecule has 0 saturated carbocycles. The SMILES string of the molecule is O=C(COCC(F)(F)F)c1cccs1. The first-order valence-corrected chi connectivity index (χ1v) is 4.58. The molecule has 0 aliphatic carbocycles. The van der Waals surface area contributed by atoms with E-state index < -0.39 is 25.2 Å². The van der Waals surface area contributed by atoms with Gasteiger partial charge in [-0.15, -0.1) is 11.3 Å². The number of carbonyl (C=O) groups excluding carboxylic acids is 1. The molecule has 0 amide bonds. The summed E-state index contributed by atoms with van der Waals surface area (Å²) in [6, 6.07) is 3.20. The third-order valence-electron chi connectivity index (χ3n) is 1.29. The molecule has 0 saturated heterocycles. The number of alkyl halides is 3. The zero-order valence-electron chi connectivity index (χ0n) is 7.00. The number of hydrogen-bond acceptors (Lipinski definition) is 3. The van der Waals surface area contributed by atoms with Crippen molar-refractivity contribution in [3.8, 4) is 0 Å². The Balaban J connectivity index is 2.30. The van der Waals surface area contributed by atoms with Crippen LogP contribution in [0.4, 0.5) is 13.2 Å². The van der Waals surface area contributed by atoms with Gasteiger partial charge in [0.05, 0.1) is 4.88 Å². The Morgan fingerprint density at radius 1 is 1.50 bits per heavy atom. The highest BCUT2D eigenvalue weighted by molar-refractivity contribution is 7.12. The second-order valence-electron chi connectivity index (χ2n) is 2.51. The van der Waals surface area contributed by atoms with Gasteiger partial charge in [-0.1, -0.05) is 6.07 Å². The maximum Gasteiger partial charge on any atom is 0.411 e. The fourth-order valence-corrected chi connectivity index (χ4v) is 1.42. The predicted octanol–water partition coefficient (Wildman–Crippen LogP) is 2.51. The summed E-state index contributed by atoms with van der Waals surface area (Å²) in [6.45, 7) is -1.91. The van der Waals surface area contributed by atoms with Crippen molar-refractivity contribution in [2.24, 2.45) is 0 Å². The summed E-state index contributed by atoms with van der Waals surface area (Å²) in [4.78, 5) is 11.5. The molecule has 14 heavy (non-hydrogen) atoms. The summed E-state index contributed by atoms with van der Waals surface area (Å²) in [7, 11) is 0. The number of halogens is 3. The second-order valence-corrected chi connectivity index (χ2v) is 3.46. The fourth-order valence-electron chi connectivity index (χ4n) is 0.768. The van der Waals surface area contributed by atoms with Crippen LogP contribution < -0.4 is 0 Å². The van der Waals surface area contributed by atoms with E-state index in [0.717, 1.165) is 0 Å². The molecule has 1 aromatic heterocycles. The Kier molecular flexibility index (Phi) is 3.65. The predicted molar refractivity (Wildman–Crippen MR) is 45.5 cm³/mol. The van der Waals surface area contributed by atoms with Gasteiger partial charge in [0.2, 0.25) is 0 Å².